The van der Waals surface area contributed by atoms with Crippen LogP contribution in [-0.2, 0) is 4.79 Å². The van der Waals surface area contributed by atoms with Gasteiger partial charge in [0, 0.05) is 24.0 Å². The largest absolute Gasteiger partial charge is 0.481 e. The van der Waals surface area contributed by atoms with Gasteiger partial charge in [-0.25, -0.2) is 4.98 Å². The molecule has 0 bridgehead atoms. The molecule has 7 heteroatoms. The highest BCUT2D eigenvalue weighted by molar-refractivity contribution is 7.99. The lowest BCUT2D eigenvalue weighted by Gasteiger charge is -2.34. The fraction of sp³-hybridized carbons (Fsp3) is 0.615. The molecule has 1 aliphatic rings. The van der Waals surface area contributed by atoms with Gasteiger partial charge in [0.2, 0.25) is 0 Å². The van der Waals surface area contributed by atoms with E-state index in [1.165, 1.54) is 11.3 Å². The van der Waals surface area contributed by atoms with Crippen LogP contribution in [0.3, 0.4) is 0 Å². The Morgan fingerprint density at radius 3 is 2.90 bits per heavy atom. The van der Waals surface area contributed by atoms with Gasteiger partial charge in [-0.3, -0.25) is 9.59 Å². The van der Waals surface area contributed by atoms with E-state index in [-0.39, 0.29) is 18.4 Å². The predicted octanol–water partition coefficient (Wildman–Crippen LogP) is 2.30. The van der Waals surface area contributed by atoms with Crippen LogP contribution in [0.25, 0.3) is 0 Å². The first-order valence-electron chi connectivity index (χ1n) is 6.55. The van der Waals surface area contributed by atoms with Crippen LogP contribution in [0.5, 0.6) is 0 Å². The van der Waals surface area contributed by atoms with Gasteiger partial charge in [-0.05, 0) is 0 Å². The lowest BCUT2D eigenvalue weighted by Crippen LogP contribution is -2.46. The van der Waals surface area contributed by atoms with Crippen LogP contribution in [0.1, 0.15) is 40.9 Å². The molecule has 0 aromatic carbocycles. The van der Waals surface area contributed by atoms with E-state index in [1.54, 1.807) is 22.9 Å². The first kappa shape index (κ1) is 15.3. The lowest BCUT2D eigenvalue weighted by molar-refractivity contribution is -0.138. The van der Waals surface area contributed by atoms with Crippen molar-refractivity contribution in [2.45, 2.75) is 32.2 Å². The molecule has 2 heterocycles. The number of aliphatic carboxylic acids is 1. The van der Waals surface area contributed by atoms with Gasteiger partial charge in [0.05, 0.1) is 23.7 Å². The number of thioether (sulfide) groups is 1. The third-order valence-electron chi connectivity index (χ3n) is 3.13. The Morgan fingerprint density at radius 2 is 2.30 bits per heavy atom. The van der Waals surface area contributed by atoms with Crippen molar-refractivity contribution in [3.05, 3.63) is 16.1 Å². The van der Waals surface area contributed by atoms with Crippen molar-refractivity contribution in [2.24, 2.45) is 0 Å². The number of carboxylic acid groups (broad SMARTS) is 1. The number of thiazole rings is 1. The maximum absolute atomic E-state index is 12.5. The number of rotatable bonds is 4. The summed E-state index contributed by atoms with van der Waals surface area (Å²) in [7, 11) is 0. The fourth-order valence-corrected chi connectivity index (χ4v) is 4.03. The topological polar surface area (TPSA) is 70.5 Å². The highest BCUT2D eigenvalue weighted by Gasteiger charge is 2.30. The molecule has 1 N–H and O–H groups in total. The average Bonchev–Trinajstić information content (AvgIpc) is 2.87. The zero-order valence-electron chi connectivity index (χ0n) is 11.5. The third kappa shape index (κ3) is 3.52. The van der Waals surface area contributed by atoms with Gasteiger partial charge < -0.3 is 10.0 Å². The van der Waals surface area contributed by atoms with Crippen LogP contribution < -0.4 is 0 Å². The number of carboxylic acids is 1. The summed E-state index contributed by atoms with van der Waals surface area (Å²) >= 11 is 3.11. The molecule has 1 amide bonds. The van der Waals surface area contributed by atoms with Crippen LogP contribution in [0, 0.1) is 0 Å². The van der Waals surface area contributed by atoms with Gasteiger partial charge >= 0.3 is 5.97 Å². The number of carbonyl (C=O) groups is 2. The zero-order chi connectivity index (χ0) is 14.7. The minimum absolute atomic E-state index is 0.00851. The van der Waals surface area contributed by atoms with Crippen LogP contribution in [0.2, 0.25) is 0 Å². The monoisotopic (exact) mass is 314 g/mol. The van der Waals surface area contributed by atoms with Gasteiger partial charge in [-0.1, -0.05) is 13.8 Å². The van der Waals surface area contributed by atoms with Gasteiger partial charge in [-0.2, -0.15) is 11.8 Å². The Bertz CT molecular complexity index is 502. The van der Waals surface area contributed by atoms with E-state index < -0.39 is 5.97 Å². The van der Waals surface area contributed by atoms with Gasteiger partial charge in [0.1, 0.15) is 4.88 Å². The van der Waals surface area contributed by atoms with E-state index in [0.717, 1.165) is 10.8 Å². The van der Waals surface area contributed by atoms with Gasteiger partial charge in [-0.15, -0.1) is 11.3 Å². The molecule has 1 fully saturated rings. The van der Waals surface area contributed by atoms with Crippen molar-refractivity contribution < 1.29 is 14.7 Å². The first-order chi connectivity index (χ1) is 9.49. The van der Waals surface area contributed by atoms with E-state index in [9.17, 15) is 9.59 Å². The minimum atomic E-state index is -0.859. The second-order valence-electron chi connectivity index (χ2n) is 5.04. The minimum Gasteiger partial charge on any atom is -0.481 e. The molecule has 1 aromatic heterocycles. The van der Waals surface area contributed by atoms with E-state index in [1.807, 2.05) is 13.8 Å². The molecule has 2 rings (SSSR count). The summed E-state index contributed by atoms with van der Waals surface area (Å²) in [6.07, 6.45) is 1.62. The highest BCUT2D eigenvalue weighted by atomic mass is 32.2. The number of amides is 1. The Hall–Kier alpha value is -1.08. The number of hydrogen-bond acceptors (Lipinski definition) is 5. The Kier molecular flexibility index (Phi) is 5.04. The van der Waals surface area contributed by atoms with Crippen LogP contribution in [-0.4, -0.2) is 51.0 Å². The zero-order valence-corrected chi connectivity index (χ0v) is 13.2. The molecule has 0 aliphatic carbocycles. The number of aromatic nitrogens is 1. The summed E-state index contributed by atoms with van der Waals surface area (Å²) in [4.78, 5) is 30.0. The summed E-state index contributed by atoms with van der Waals surface area (Å²) in [5.41, 5.74) is 0. The molecule has 1 unspecified atom stereocenters. The highest BCUT2D eigenvalue weighted by Crippen LogP contribution is 2.26. The second kappa shape index (κ2) is 6.58. The summed E-state index contributed by atoms with van der Waals surface area (Å²) in [6.45, 7) is 4.69. The van der Waals surface area contributed by atoms with Crippen molar-refractivity contribution in [1.29, 1.82) is 0 Å². The normalized spacial score (nSPS) is 19.4. The standard InChI is InChI=1S/C13H18N2O3S2/c1-8(2)12-14-6-10(20-12)13(18)15-3-4-19-7-9(15)5-11(16)17/h6,8-9H,3-5,7H2,1-2H3,(H,16,17). The number of hydrogen-bond donors (Lipinski definition) is 1. The molecular weight excluding hydrogens is 296 g/mol. The maximum atomic E-state index is 12.5. The van der Waals surface area contributed by atoms with Crippen molar-refractivity contribution >= 4 is 35.0 Å². The Balaban J connectivity index is 2.13. The summed E-state index contributed by atoms with van der Waals surface area (Å²) in [5.74, 6) is 0.905. The van der Waals surface area contributed by atoms with Crippen molar-refractivity contribution in [3.63, 3.8) is 0 Å². The van der Waals surface area contributed by atoms with Crippen LogP contribution >= 0.6 is 23.1 Å². The fourth-order valence-electron chi connectivity index (χ4n) is 2.09. The summed E-state index contributed by atoms with van der Waals surface area (Å²) < 4.78 is 0. The maximum Gasteiger partial charge on any atom is 0.305 e. The molecule has 1 aromatic rings. The van der Waals surface area contributed by atoms with Crippen LogP contribution in [0.15, 0.2) is 6.20 Å². The molecule has 20 heavy (non-hydrogen) atoms. The molecule has 5 nitrogen and oxygen atoms in total. The van der Waals surface area contributed by atoms with E-state index in [4.69, 9.17) is 5.11 Å². The van der Waals surface area contributed by atoms with E-state index >= 15 is 0 Å². The van der Waals surface area contributed by atoms with Crippen LogP contribution in [0.4, 0.5) is 0 Å². The molecule has 1 saturated heterocycles. The molecule has 1 aliphatic heterocycles. The van der Waals surface area contributed by atoms with E-state index in [0.29, 0.717) is 23.1 Å². The van der Waals surface area contributed by atoms with Crippen molar-refractivity contribution in [3.8, 4) is 0 Å². The second-order valence-corrected chi connectivity index (χ2v) is 7.25. The third-order valence-corrected chi connectivity index (χ3v) is 5.50. The number of nitrogens with zero attached hydrogens (tertiary/aromatic N) is 2. The summed E-state index contributed by atoms with van der Waals surface area (Å²) in [6, 6.07) is -0.219. The van der Waals surface area contributed by atoms with E-state index in [2.05, 4.69) is 4.98 Å². The first-order valence-corrected chi connectivity index (χ1v) is 8.52. The molecule has 0 saturated carbocycles. The molecular formula is C13H18N2O3S2. The Morgan fingerprint density at radius 1 is 1.55 bits per heavy atom. The molecule has 0 spiro atoms. The van der Waals surface area contributed by atoms with Gasteiger partial charge in [0.25, 0.3) is 5.91 Å². The van der Waals surface area contributed by atoms with Crippen molar-refractivity contribution in [1.82, 2.24) is 9.88 Å². The molecule has 110 valence electrons. The van der Waals surface area contributed by atoms with Crippen molar-refractivity contribution in [2.75, 3.05) is 18.1 Å². The number of carbonyl (C=O) groups excluding carboxylic acids is 1. The lowest BCUT2D eigenvalue weighted by atomic mass is 10.2. The quantitative estimate of drug-likeness (QED) is 0.923. The summed E-state index contributed by atoms with van der Waals surface area (Å²) in [5, 5.41) is 9.90. The SMILES string of the molecule is CC(C)c1ncc(C(=O)N2CCSCC2CC(=O)O)s1. The molecule has 0 radical (unpaired) electrons. The average molecular weight is 314 g/mol. The smallest absolute Gasteiger partial charge is 0.305 e. The Labute approximate surface area is 126 Å². The molecule has 1 atom stereocenters. The predicted molar refractivity (Wildman–Crippen MR) is 80.6 cm³/mol. The van der Waals surface area contributed by atoms with Gasteiger partial charge in [0.15, 0.2) is 0 Å².